The monoisotopic (exact) mass is 225 g/mol. The van der Waals surface area contributed by atoms with Gasteiger partial charge in [-0.3, -0.25) is 9.69 Å². The van der Waals surface area contributed by atoms with Gasteiger partial charge in [0.05, 0.1) is 6.54 Å². The first kappa shape index (κ1) is 11.9. The summed E-state index contributed by atoms with van der Waals surface area (Å²) in [5.74, 6) is 0.993. The zero-order chi connectivity index (χ0) is 11.4. The van der Waals surface area contributed by atoms with Gasteiger partial charge in [0.15, 0.2) is 0 Å². The molecular formula is C12H23N3O. The molecule has 1 heterocycles. The summed E-state index contributed by atoms with van der Waals surface area (Å²) in [6.07, 6.45) is 5.89. The van der Waals surface area contributed by atoms with Gasteiger partial charge >= 0.3 is 0 Å². The fraction of sp³-hybridized carbons (Fsp3) is 0.917. The third kappa shape index (κ3) is 3.76. The Morgan fingerprint density at radius 3 is 2.50 bits per heavy atom. The summed E-state index contributed by atoms with van der Waals surface area (Å²) in [5, 5.41) is 3.04. The molecule has 0 radical (unpaired) electrons. The number of hydrogen-bond donors (Lipinski definition) is 2. The van der Waals surface area contributed by atoms with E-state index < -0.39 is 0 Å². The second-order valence-corrected chi connectivity index (χ2v) is 5.14. The topological polar surface area (TPSA) is 58.4 Å². The number of carbonyl (C=O) groups is 1. The van der Waals surface area contributed by atoms with E-state index >= 15 is 0 Å². The Kier molecular flexibility index (Phi) is 4.18. The fourth-order valence-electron chi connectivity index (χ4n) is 2.37. The molecule has 2 fully saturated rings. The van der Waals surface area contributed by atoms with Crippen LogP contribution < -0.4 is 11.1 Å². The molecule has 0 aromatic heterocycles. The van der Waals surface area contributed by atoms with Crippen LogP contribution in [-0.2, 0) is 4.79 Å². The molecule has 0 atom stereocenters. The highest BCUT2D eigenvalue weighted by molar-refractivity contribution is 5.78. The molecule has 1 aliphatic heterocycles. The van der Waals surface area contributed by atoms with Crippen LogP contribution in [0.25, 0.3) is 0 Å². The van der Waals surface area contributed by atoms with Crippen molar-refractivity contribution in [1.29, 1.82) is 0 Å². The SMILES string of the molecule is NCCC1CCN(CC(=O)NC2CC2)CC1. The van der Waals surface area contributed by atoms with Gasteiger partial charge in [-0.15, -0.1) is 0 Å². The van der Waals surface area contributed by atoms with Gasteiger partial charge in [0.1, 0.15) is 0 Å². The minimum absolute atomic E-state index is 0.208. The first-order chi connectivity index (χ1) is 7.78. The average molecular weight is 225 g/mol. The molecule has 4 nitrogen and oxygen atoms in total. The van der Waals surface area contributed by atoms with Crippen molar-refractivity contribution in [2.45, 2.75) is 38.1 Å². The van der Waals surface area contributed by atoms with E-state index in [9.17, 15) is 4.79 Å². The maximum absolute atomic E-state index is 11.6. The number of piperidine rings is 1. The van der Waals surface area contributed by atoms with Crippen LogP contribution in [0.4, 0.5) is 0 Å². The molecule has 0 spiro atoms. The number of hydrogen-bond acceptors (Lipinski definition) is 3. The molecule has 0 bridgehead atoms. The van der Waals surface area contributed by atoms with E-state index in [0.717, 1.165) is 32.0 Å². The third-order valence-electron chi connectivity index (χ3n) is 3.59. The molecule has 92 valence electrons. The lowest BCUT2D eigenvalue weighted by Crippen LogP contribution is -2.42. The Labute approximate surface area is 97.6 Å². The highest BCUT2D eigenvalue weighted by atomic mass is 16.2. The summed E-state index contributed by atoms with van der Waals surface area (Å²) in [4.78, 5) is 13.9. The molecule has 2 aliphatic rings. The predicted octanol–water partition coefficient (Wildman–Crippen LogP) is 0.326. The highest BCUT2D eigenvalue weighted by Crippen LogP contribution is 2.20. The van der Waals surface area contributed by atoms with Gasteiger partial charge < -0.3 is 11.1 Å². The Morgan fingerprint density at radius 2 is 1.94 bits per heavy atom. The highest BCUT2D eigenvalue weighted by Gasteiger charge is 2.25. The van der Waals surface area contributed by atoms with Gasteiger partial charge in [0, 0.05) is 6.04 Å². The Bertz CT molecular complexity index is 232. The van der Waals surface area contributed by atoms with Gasteiger partial charge in [-0.05, 0) is 57.7 Å². The van der Waals surface area contributed by atoms with Crippen LogP contribution in [0, 0.1) is 5.92 Å². The summed E-state index contributed by atoms with van der Waals surface area (Å²) in [5.41, 5.74) is 5.56. The number of carbonyl (C=O) groups excluding carboxylic acids is 1. The lowest BCUT2D eigenvalue weighted by Gasteiger charge is -2.31. The van der Waals surface area contributed by atoms with Crippen molar-refractivity contribution in [2.75, 3.05) is 26.2 Å². The minimum Gasteiger partial charge on any atom is -0.352 e. The van der Waals surface area contributed by atoms with E-state index in [2.05, 4.69) is 10.2 Å². The molecular weight excluding hydrogens is 202 g/mol. The van der Waals surface area contributed by atoms with Crippen LogP contribution in [-0.4, -0.2) is 43.0 Å². The molecule has 0 unspecified atom stereocenters. The van der Waals surface area contributed by atoms with Crippen molar-refractivity contribution in [3.63, 3.8) is 0 Å². The van der Waals surface area contributed by atoms with Gasteiger partial charge in [-0.1, -0.05) is 0 Å². The third-order valence-corrected chi connectivity index (χ3v) is 3.59. The van der Waals surface area contributed by atoms with E-state index in [1.807, 2.05) is 0 Å². The number of amides is 1. The molecule has 16 heavy (non-hydrogen) atoms. The Balaban J connectivity index is 1.62. The van der Waals surface area contributed by atoms with E-state index in [0.29, 0.717) is 12.6 Å². The van der Waals surface area contributed by atoms with Crippen LogP contribution in [0.3, 0.4) is 0 Å². The lowest BCUT2D eigenvalue weighted by atomic mass is 9.94. The van der Waals surface area contributed by atoms with E-state index in [1.165, 1.54) is 25.7 Å². The molecule has 0 aromatic carbocycles. The van der Waals surface area contributed by atoms with Crippen molar-refractivity contribution in [3.8, 4) is 0 Å². The van der Waals surface area contributed by atoms with Crippen molar-refractivity contribution in [1.82, 2.24) is 10.2 Å². The fourth-order valence-corrected chi connectivity index (χ4v) is 2.37. The maximum atomic E-state index is 11.6. The molecule has 1 aliphatic carbocycles. The first-order valence-corrected chi connectivity index (χ1v) is 6.49. The molecule has 3 N–H and O–H groups in total. The van der Waals surface area contributed by atoms with Crippen LogP contribution in [0.2, 0.25) is 0 Å². The van der Waals surface area contributed by atoms with Gasteiger partial charge in [0.25, 0.3) is 0 Å². The second kappa shape index (κ2) is 5.64. The molecule has 1 saturated carbocycles. The standard InChI is InChI=1S/C12H23N3O/c13-6-3-10-4-7-15(8-5-10)9-12(16)14-11-1-2-11/h10-11H,1-9,13H2,(H,14,16). The lowest BCUT2D eigenvalue weighted by molar-refractivity contribution is -0.122. The quantitative estimate of drug-likeness (QED) is 0.709. The average Bonchev–Trinajstić information content (AvgIpc) is 3.05. The summed E-state index contributed by atoms with van der Waals surface area (Å²) in [6, 6.07) is 0.488. The maximum Gasteiger partial charge on any atom is 0.234 e. The predicted molar refractivity (Wildman–Crippen MR) is 64.0 cm³/mol. The first-order valence-electron chi connectivity index (χ1n) is 6.49. The molecule has 2 rings (SSSR count). The minimum atomic E-state index is 0.208. The summed E-state index contributed by atoms with van der Waals surface area (Å²) >= 11 is 0. The van der Waals surface area contributed by atoms with Crippen LogP contribution >= 0.6 is 0 Å². The Hall–Kier alpha value is -0.610. The van der Waals surface area contributed by atoms with Crippen molar-refractivity contribution in [3.05, 3.63) is 0 Å². The van der Waals surface area contributed by atoms with Crippen LogP contribution in [0.15, 0.2) is 0 Å². The van der Waals surface area contributed by atoms with Crippen LogP contribution in [0.5, 0.6) is 0 Å². The number of nitrogens with two attached hydrogens (primary N) is 1. The number of likely N-dealkylation sites (tertiary alicyclic amines) is 1. The smallest absolute Gasteiger partial charge is 0.234 e. The van der Waals surface area contributed by atoms with Gasteiger partial charge in [-0.25, -0.2) is 0 Å². The van der Waals surface area contributed by atoms with Crippen molar-refractivity contribution < 1.29 is 4.79 Å². The zero-order valence-corrected chi connectivity index (χ0v) is 9.95. The summed E-state index contributed by atoms with van der Waals surface area (Å²) < 4.78 is 0. The second-order valence-electron chi connectivity index (χ2n) is 5.14. The normalized spacial score (nSPS) is 23.3. The zero-order valence-electron chi connectivity index (χ0n) is 9.95. The summed E-state index contributed by atoms with van der Waals surface area (Å²) in [7, 11) is 0. The van der Waals surface area contributed by atoms with E-state index in [4.69, 9.17) is 5.73 Å². The largest absolute Gasteiger partial charge is 0.352 e. The van der Waals surface area contributed by atoms with Gasteiger partial charge in [-0.2, -0.15) is 0 Å². The van der Waals surface area contributed by atoms with Gasteiger partial charge in [0.2, 0.25) is 5.91 Å². The molecule has 1 amide bonds. The van der Waals surface area contributed by atoms with E-state index in [1.54, 1.807) is 0 Å². The molecule has 4 heteroatoms. The summed E-state index contributed by atoms with van der Waals surface area (Å²) in [6.45, 7) is 3.50. The molecule has 0 aromatic rings. The number of nitrogens with zero attached hydrogens (tertiary/aromatic N) is 1. The Morgan fingerprint density at radius 1 is 1.25 bits per heavy atom. The molecule has 1 saturated heterocycles. The van der Waals surface area contributed by atoms with E-state index in [-0.39, 0.29) is 5.91 Å². The number of nitrogens with one attached hydrogen (secondary N) is 1. The number of rotatable bonds is 5. The van der Waals surface area contributed by atoms with Crippen LogP contribution in [0.1, 0.15) is 32.1 Å². The van der Waals surface area contributed by atoms with Crippen molar-refractivity contribution in [2.24, 2.45) is 11.7 Å². The van der Waals surface area contributed by atoms with Crippen molar-refractivity contribution >= 4 is 5.91 Å².